The van der Waals surface area contributed by atoms with Crippen molar-refractivity contribution >= 4 is 12.0 Å². The summed E-state index contributed by atoms with van der Waals surface area (Å²) in [6, 6.07) is 5.20. The summed E-state index contributed by atoms with van der Waals surface area (Å²) in [4.78, 5) is 10.6. The highest BCUT2D eigenvalue weighted by molar-refractivity contribution is 5.73. The van der Waals surface area contributed by atoms with E-state index in [4.69, 9.17) is 0 Å². The van der Waals surface area contributed by atoms with Gasteiger partial charge in [0.05, 0.1) is 0 Å². The summed E-state index contributed by atoms with van der Waals surface area (Å²) in [5.41, 5.74) is 2.05. The molecule has 0 aliphatic heterocycles. The predicted molar refractivity (Wildman–Crippen MR) is 60.6 cm³/mol. The van der Waals surface area contributed by atoms with Gasteiger partial charge >= 0.3 is 0 Å². The molecule has 0 radical (unpaired) electrons. The van der Waals surface area contributed by atoms with Crippen LogP contribution < -0.4 is 5.32 Å². The van der Waals surface area contributed by atoms with Gasteiger partial charge in [0.2, 0.25) is 5.91 Å². The van der Waals surface area contributed by atoms with E-state index >= 15 is 0 Å². The summed E-state index contributed by atoms with van der Waals surface area (Å²) in [6.45, 7) is 3.95. The Bertz CT molecular complexity index is 383. The second-order valence-electron chi connectivity index (χ2n) is 3.38. The molecule has 3 heteroatoms. The van der Waals surface area contributed by atoms with E-state index < -0.39 is 0 Å². The van der Waals surface area contributed by atoms with E-state index in [2.05, 4.69) is 5.32 Å². The first-order valence-electron chi connectivity index (χ1n) is 4.80. The fourth-order valence-electron chi connectivity index (χ4n) is 1.20. The van der Waals surface area contributed by atoms with Gasteiger partial charge in [-0.05, 0) is 30.2 Å². The van der Waals surface area contributed by atoms with Crippen LogP contribution in [0.1, 0.15) is 18.1 Å². The highest BCUT2D eigenvalue weighted by Gasteiger charge is 1.95. The molecule has 0 aromatic heterocycles. The van der Waals surface area contributed by atoms with Crippen molar-refractivity contribution in [3.05, 3.63) is 35.4 Å². The summed E-state index contributed by atoms with van der Waals surface area (Å²) in [6.07, 6.45) is 3.73. The Kier molecular flexibility index (Phi) is 3.92. The Balaban J connectivity index is 2.63. The van der Waals surface area contributed by atoms with Crippen molar-refractivity contribution in [2.75, 3.05) is 6.54 Å². The molecule has 1 aromatic rings. The van der Waals surface area contributed by atoms with Crippen LogP contribution in [0, 0.1) is 6.92 Å². The van der Waals surface area contributed by atoms with Gasteiger partial charge in [-0.3, -0.25) is 4.79 Å². The fourth-order valence-corrected chi connectivity index (χ4v) is 1.20. The Hall–Kier alpha value is -1.77. The maximum atomic E-state index is 10.6. The number of phenolic OH excluding ortho intramolecular Hbond substituents is 1. The van der Waals surface area contributed by atoms with Gasteiger partial charge in [-0.25, -0.2) is 0 Å². The molecule has 0 bridgehead atoms. The third-order valence-corrected chi connectivity index (χ3v) is 2.03. The number of rotatable bonds is 3. The fraction of sp³-hybridized carbons (Fsp3) is 0.250. The lowest BCUT2D eigenvalue weighted by molar-refractivity contribution is -0.118. The molecule has 1 aromatic carbocycles. The molecule has 3 nitrogen and oxygen atoms in total. The zero-order valence-electron chi connectivity index (χ0n) is 8.95. The van der Waals surface area contributed by atoms with E-state index in [1.54, 1.807) is 12.1 Å². The van der Waals surface area contributed by atoms with Crippen LogP contribution in [0.2, 0.25) is 0 Å². The summed E-state index contributed by atoms with van der Waals surface area (Å²) in [7, 11) is 0. The van der Waals surface area contributed by atoms with Crippen molar-refractivity contribution in [1.82, 2.24) is 5.32 Å². The zero-order valence-corrected chi connectivity index (χ0v) is 8.95. The molecule has 0 aliphatic carbocycles. The quantitative estimate of drug-likeness (QED) is 0.791. The number of nitrogens with one attached hydrogen (secondary N) is 1. The number of carbonyl (C=O) groups excluding carboxylic acids is 1. The van der Waals surface area contributed by atoms with Crippen LogP contribution in [0.3, 0.4) is 0 Å². The molecule has 15 heavy (non-hydrogen) atoms. The van der Waals surface area contributed by atoms with E-state index in [9.17, 15) is 9.90 Å². The largest absolute Gasteiger partial charge is 0.508 e. The second kappa shape index (κ2) is 5.20. The Morgan fingerprint density at radius 3 is 2.93 bits per heavy atom. The number of carbonyl (C=O) groups is 1. The van der Waals surface area contributed by atoms with Gasteiger partial charge in [-0.1, -0.05) is 18.2 Å². The van der Waals surface area contributed by atoms with Crippen LogP contribution >= 0.6 is 0 Å². The molecule has 0 unspecified atom stereocenters. The van der Waals surface area contributed by atoms with Crippen LogP contribution in [0.25, 0.3) is 6.08 Å². The molecular formula is C12H15NO2. The standard InChI is InChI=1S/C12H15NO2/c1-9-5-6-12(15)8-11(9)4-3-7-13-10(2)14/h3-6,8,15H,7H2,1-2H3,(H,13,14). The first-order chi connectivity index (χ1) is 7.09. The second-order valence-corrected chi connectivity index (χ2v) is 3.38. The van der Waals surface area contributed by atoms with Crippen molar-refractivity contribution in [2.45, 2.75) is 13.8 Å². The molecule has 0 saturated carbocycles. The average molecular weight is 205 g/mol. The van der Waals surface area contributed by atoms with Crippen molar-refractivity contribution in [2.24, 2.45) is 0 Å². The molecule has 80 valence electrons. The number of amides is 1. The van der Waals surface area contributed by atoms with Crippen LogP contribution in [0.5, 0.6) is 5.75 Å². The molecule has 0 spiro atoms. The summed E-state index contributed by atoms with van der Waals surface area (Å²) < 4.78 is 0. The third-order valence-electron chi connectivity index (χ3n) is 2.03. The first kappa shape index (κ1) is 11.3. The summed E-state index contributed by atoms with van der Waals surface area (Å²) >= 11 is 0. The van der Waals surface area contributed by atoms with E-state index in [1.807, 2.05) is 25.1 Å². The zero-order chi connectivity index (χ0) is 11.3. The summed E-state index contributed by atoms with van der Waals surface area (Å²) in [5.74, 6) is 0.201. The van der Waals surface area contributed by atoms with Gasteiger partial charge in [0.15, 0.2) is 0 Å². The number of benzene rings is 1. The monoisotopic (exact) mass is 205 g/mol. The molecular weight excluding hydrogens is 190 g/mol. The number of hydrogen-bond acceptors (Lipinski definition) is 2. The smallest absolute Gasteiger partial charge is 0.217 e. The molecule has 1 rings (SSSR count). The number of aryl methyl sites for hydroxylation is 1. The van der Waals surface area contributed by atoms with Gasteiger partial charge < -0.3 is 10.4 Å². The van der Waals surface area contributed by atoms with E-state index in [1.165, 1.54) is 6.92 Å². The van der Waals surface area contributed by atoms with Crippen molar-refractivity contribution in [1.29, 1.82) is 0 Å². The Morgan fingerprint density at radius 1 is 1.53 bits per heavy atom. The van der Waals surface area contributed by atoms with Crippen molar-refractivity contribution in [3.63, 3.8) is 0 Å². The highest BCUT2D eigenvalue weighted by atomic mass is 16.3. The van der Waals surface area contributed by atoms with Gasteiger partial charge in [-0.2, -0.15) is 0 Å². The van der Waals surface area contributed by atoms with Crippen molar-refractivity contribution in [3.8, 4) is 5.75 Å². The first-order valence-corrected chi connectivity index (χ1v) is 4.80. The van der Waals surface area contributed by atoms with Crippen LogP contribution in [-0.4, -0.2) is 17.6 Å². The maximum absolute atomic E-state index is 10.6. The van der Waals surface area contributed by atoms with E-state index in [0.717, 1.165) is 11.1 Å². The molecule has 0 atom stereocenters. The minimum Gasteiger partial charge on any atom is -0.508 e. The third kappa shape index (κ3) is 3.85. The SMILES string of the molecule is CC(=O)NCC=Cc1cc(O)ccc1C. The molecule has 0 saturated heterocycles. The van der Waals surface area contributed by atoms with Crippen molar-refractivity contribution < 1.29 is 9.90 Å². The Morgan fingerprint density at radius 2 is 2.27 bits per heavy atom. The maximum Gasteiger partial charge on any atom is 0.217 e. The Labute approximate surface area is 89.4 Å². The lowest BCUT2D eigenvalue weighted by atomic mass is 10.1. The predicted octanol–water partition coefficient (Wildman–Crippen LogP) is 1.85. The lowest BCUT2D eigenvalue weighted by Crippen LogP contribution is -2.19. The number of phenols is 1. The van der Waals surface area contributed by atoms with E-state index in [0.29, 0.717) is 6.54 Å². The lowest BCUT2D eigenvalue weighted by Gasteiger charge is -2.01. The highest BCUT2D eigenvalue weighted by Crippen LogP contribution is 2.16. The topological polar surface area (TPSA) is 49.3 Å². The van der Waals surface area contributed by atoms with Gasteiger partial charge in [0, 0.05) is 13.5 Å². The normalized spacial score (nSPS) is 10.5. The minimum atomic E-state index is -0.0488. The van der Waals surface area contributed by atoms with Crippen LogP contribution in [0.15, 0.2) is 24.3 Å². The van der Waals surface area contributed by atoms with Crippen LogP contribution in [0.4, 0.5) is 0 Å². The molecule has 0 aliphatic rings. The van der Waals surface area contributed by atoms with Gasteiger partial charge in [0.1, 0.15) is 5.75 Å². The summed E-state index contributed by atoms with van der Waals surface area (Å²) in [5, 5.41) is 11.9. The van der Waals surface area contributed by atoms with Crippen LogP contribution in [-0.2, 0) is 4.79 Å². The molecule has 0 heterocycles. The molecule has 2 N–H and O–H groups in total. The van der Waals surface area contributed by atoms with E-state index in [-0.39, 0.29) is 11.7 Å². The molecule has 0 fully saturated rings. The van der Waals surface area contributed by atoms with Gasteiger partial charge in [0.25, 0.3) is 0 Å². The van der Waals surface area contributed by atoms with Gasteiger partial charge in [-0.15, -0.1) is 0 Å². The number of hydrogen-bond donors (Lipinski definition) is 2. The molecule has 1 amide bonds. The minimum absolute atomic E-state index is 0.0488. The average Bonchev–Trinajstić information content (AvgIpc) is 2.17. The number of aromatic hydroxyl groups is 1.